The molecule has 4 N–H and O–H groups in total. The standard InChI is InChI=1S/C20H32O5/c1-10(8-21)12-7-13-16(2)9-19(23)18(12,4)20(13,24)15(25-19)14-11(16)5-6-17(14,3)22/h10-15,21-24H,5-9H2,1-4H3/t10-,11+,12+,13+,14-,15-,16+,17+,18-,19+,20-/m1/s1. The molecule has 1 aliphatic heterocycles. The molecule has 142 valence electrons. The summed E-state index contributed by atoms with van der Waals surface area (Å²) in [4.78, 5) is 0. The molecule has 5 aliphatic rings. The molecule has 0 aromatic heterocycles. The first-order chi connectivity index (χ1) is 11.5. The Morgan fingerprint density at radius 1 is 1.16 bits per heavy atom. The third-order valence-corrected chi connectivity index (χ3v) is 9.84. The van der Waals surface area contributed by atoms with Gasteiger partial charge in [0.1, 0.15) is 5.60 Å². The lowest BCUT2D eigenvalue weighted by Crippen LogP contribution is -2.71. The van der Waals surface area contributed by atoms with Crippen LogP contribution >= 0.6 is 0 Å². The van der Waals surface area contributed by atoms with Gasteiger partial charge in [-0.2, -0.15) is 0 Å². The van der Waals surface area contributed by atoms with Crippen LogP contribution in [0.5, 0.6) is 0 Å². The van der Waals surface area contributed by atoms with Crippen molar-refractivity contribution in [2.75, 3.05) is 6.61 Å². The molecule has 0 spiro atoms. The molecule has 0 aromatic rings. The van der Waals surface area contributed by atoms with Crippen molar-refractivity contribution in [3.63, 3.8) is 0 Å². The Morgan fingerprint density at radius 3 is 2.48 bits per heavy atom. The molecular weight excluding hydrogens is 320 g/mol. The van der Waals surface area contributed by atoms with E-state index >= 15 is 0 Å². The fourth-order valence-electron chi connectivity index (χ4n) is 8.65. The van der Waals surface area contributed by atoms with Crippen LogP contribution in [0.4, 0.5) is 0 Å². The molecule has 0 aromatic carbocycles. The van der Waals surface area contributed by atoms with Crippen LogP contribution in [0.15, 0.2) is 0 Å². The third kappa shape index (κ3) is 1.43. The van der Waals surface area contributed by atoms with Crippen LogP contribution in [0.25, 0.3) is 0 Å². The monoisotopic (exact) mass is 352 g/mol. The maximum Gasteiger partial charge on any atom is 0.175 e. The van der Waals surface area contributed by atoms with Crippen LogP contribution in [0, 0.1) is 40.4 Å². The van der Waals surface area contributed by atoms with Gasteiger partial charge in [0.05, 0.1) is 17.1 Å². The minimum absolute atomic E-state index is 0.00352. The fourth-order valence-corrected chi connectivity index (χ4v) is 8.65. The van der Waals surface area contributed by atoms with Crippen LogP contribution in [0.1, 0.15) is 53.4 Å². The molecule has 25 heavy (non-hydrogen) atoms. The summed E-state index contributed by atoms with van der Waals surface area (Å²) in [6.45, 7) is 8.08. The lowest BCUT2D eigenvalue weighted by Gasteiger charge is -2.62. The lowest BCUT2D eigenvalue weighted by molar-refractivity contribution is -0.283. The van der Waals surface area contributed by atoms with E-state index < -0.39 is 28.5 Å². The van der Waals surface area contributed by atoms with Crippen molar-refractivity contribution in [2.45, 2.75) is 76.5 Å². The summed E-state index contributed by atoms with van der Waals surface area (Å²) in [5.74, 6) is -1.21. The summed E-state index contributed by atoms with van der Waals surface area (Å²) in [7, 11) is 0. The van der Waals surface area contributed by atoms with Crippen molar-refractivity contribution < 1.29 is 25.2 Å². The van der Waals surface area contributed by atoms with Crippen LogP contribution in [0.3, 0.4) is 0 Å². The zero-order valence-electron chi connectivity index (χ0n) is 15.7. The smallest absolute Gasteiger partial charge is 0.175 e. The Hall–Kier alpha value is -0.200. The third-order valence-electron chi connectivity index (χ3n) is 9.84. The van der Waals surface area contributed by atoms with Crippen LogP contribution in [0.2, 0.25) is 0 Å². The van der Waals surface area contributed by atoms with Crippen molar-refractivity contribution in [3.8, 4) is 0 Å². The number of aliphatic hydroxyl groups is 4. The average molecular weight is 352 g/mol. The van der Waals surface area contributed by atoms with Crippen molar-refractivity contribution in [2.24, 2.45) is 40.4 Å². The van der Waals surface area contributed by atoms with E-state index in [0.717, 1.165) is 19.3 Å². The normalized spacial score (nSPS) is 68.4. The van der Waals surface area contributed by atoms with E-state index in [1.165, 1.54) is 0 Å². The van der Waals surface area contributed by atoms with Gasteiger partial charge in [0.25, 0.3) is 0 Å². The highest BCUT2D eigenvalue weighted by atomic mass is 16.7. The van der Waals surface area contributed by atoms with E-state index in [2.05, 4.69) is 6.92 Å². The second kappa shape index (κ2) is 4.27. The molecule has 5 heteroatoms. The van der Waals surface area contributed by atoms with Crippen LogP contribution < -0.4 is 0 Å². The van der Waals surface area contributed by atoms with Crippen molar-refractivity contribution >= 4 is 0 Å². The number of hydrogen-bond donors (Lipinski definition) is 4. The lowest BCUT2D eigenvalue weighted by atomic mass is 9.43. The molecule has 11 atom stereocenters. The molecule has 5 fully saturated rings. The van der Waals surface area contributed by atoms with Crippen molar-refractivity contribution in [1.29, 1.82) is 0 Å². The Balaban J connectivity index is 1.75. The van der Waals surface area contributed by atoms with Gasteiger partial charge in [0.2, 0.25) is 0 Å². The number of ether oxygens (including phenoxy) is 1. The largest absolute Gasteiger partial charge is 0.396 e. The van der Waals surface area contributed by atoms with E-state index in [9.17, 15) is 20.4 Å². The SMILES string of the molecule is C[C@H](CO)[C@@H]1C[C@H]2[C@@]3(C)C[C@]4(O)O[C@H]([C@H]5[C@@H]3CC[C@]5(C)O)[C@@]2(O)[C@]14C. The van der Waals surface area contributed by atoms with E-state index in [1.54, 1.807) is 0 Å². The summed E-state index contributed by atoms with van der Waals surface area (Å²) in [5.41, 5.74) is -3.06. The van der Waals surface area contributed by atoms with Gasteiger partial charge in [-0.1, -0.05) is 20.8 Å². The summed E-state index contributed by atoms with van der Waals surface area (Å²) in [5, 5.41) is 44.7. The van der Waals surface area contributed by atoms with E-state index in [4.69, 9.17) is 4.74 Å². The second-order valence-corrected chi connectivity index (χ2v) is 10.6. The Kier molecular flexibility index (Phi) is 2.90. The molecule has 0 radical (unpaired) electrons. The van der Waals surface area contributed by atoms with Gasteiger partial charge < -0.3 is 25.2 Å². The van der Waals surface area contributed by atoms with E-state index in [1.807, 2.05) is 20.8 Å². The van der Waals surface area contributed by atoms with Gasteiger partial charge in [0.15, 0.2) is 5.79 Å². The summed E-state index contributed by atoms with van der Waals surface area (Å²) >= 11 is 0. The minimum Gasteiger partial charge on any atom is -0.396 e. The molecule has 5 nitrogen and oxygen atoms in total. The van der Waals surface area contributed by atoms with Crippen molar-refractivity contribution in [3.05, 3.63) is 0 Å². The topological polar surface area (TPSA) is 90.2 Å². The maximum absolute atomic E-state index is 12.1. The average Bonchev–Trinajstić information content (AvgIpc) is 2.95. The molecule has 0 amide bonds. The highest BCUT2D eigenvalue weighted by molar-refractivity contribution is 5.35. The van der Waals surface area contributed by atoms with Gasteiger partial charge in [-0.05, 0) is 55.3 Å². The molecule has 1 saturated heterocycles. The quantitative estimate of drug-likeness (QED) is 0.601. The molecule has 4 saturated carbocycles. The van der Waals surface area contributed by atoms with E-state index in [-0.39, 0.29) is 41.6 Å². The number of fused-ring (bicyclic) bond motifs is 3. The zero-order valence-corrected chi connectivity index (χ0v) is 15.7. The predicted octanol–water partition coefficient (Wildman–Crippen LogP) is 1.28. The highest BCUT2D eigenvalue weighted by Gasteiger charge is 2.89. The van der Waals surface area contributed by atoms with Crippen LogP contribution in [-0.4, -0.2) is 50.1 Å². The molecule has 4 aliphatic carbocycles. The highest BCUT2D eigenvalue weighted by Crippen LogP contribution is 2.82. The second-order valence-electron chi connectivity index (χ2n) is 10.6. The first kappa shape index (κ1) is 16.9. The summed E-state index contributed by atoms with van der Waals surface area (Å²) in [6, 6.07) is 0. The molecular formula is C20H32O5. The van der Waals surface area contributed by atoms with Gasteiger partial charge >= 0.3 is 0 Å². The zero-order chi connectivity index (χ0) is 18.2. The van der Waals surface area contributed by atoms with Gasteiger partial charge in [0, 0.05) is 18.9 Å². The predicted molar refractivity (Wildman–Crippen MR) is 90.3 cm³/mol. The Morgan fingerprint density at radius 2 is 1.84 bits per heavy atom. The van der Waals surface area contributed by atoms with E-state index in [0.29, 0.717) is 6.42 Å². The molecule has 5 rings (SSSR count). The number of rotatable bonds is 2. The molecule has 0 unspecified atom stereocenters. The van der Waals surface area contributed by atoms with Gasteiger partial charge in [-0.3, -0.25) is 0 Å². The van der Waals surface area contributed by atoms with Crippen LogP contribution in [-0.2, 0) is 4.74 Å². The first-order valence-electron chi connectivity index (χ1n) is 9.93. The molecule has 1 heterocycles. The van der Waals surface area contributed by atoms with Gasteiger partial charge in [-0.15, -0.1) is 0 Å². The summed E-state index contributed by atoms with van der Waals surface area (Å²) in [6.07, 6.45) is 2.46. The summed E-state index contributed by atoms with van der Waals surface area (Å²) < 4.78 is 6.31. The van der Waals surface area contributed by atoms with Gasteiger partial charge in [-0.25, -0.2) is 0 Å². The number of aliphatic hydroxyl groups excluding tert-OH is 1. The molecule has 5 bridgehead atoms. The first-order valence-corrected chi connectivity index (χ1v) is 9.93. The fraction of sp³-hybridized carbons (Fsp3) is 1.00. The minimum atomic E-state index is -1.39. The number of hydrogen-bond acceptors (Lipinski definition) is 5. The maximum atomic E-state index is 12.1. The van der Waals surface area contributed by atoms with Crippen molar-refractivity contribution in [1.82, 2.24) is 0 Å². The Labute approximate surface area is 149 Å². The Bertz CT molecular complexity index is 636.